The second-order valence-corrected chi connectivity index (χ2v) is 5.12. The molecule has 106 valence electrons. The molecule has 0 atom stereocenters. The summed E-state index contributed by atoms with van der Waals surface area (Å²) in [5.41, 5.74) is 2.36. The van der Waals surface area contributed by atoms with Crippen LogP contribution in [0.4, 0.5) is 0 Å². The van der Waals surface area contributed by atoms with Crippen molar-refractivity contribution in [3.63, 3.8) is 0 Å². The number of nitrogens with zero attached hydrogens (tertiary/aromatic N) is 4. The molecule has 1 heterocycles. The Hall–Kier alpha value is -2.40. The van der Waals surface area contributed by atoms with Crippen LogP contribution in [0.15, 0.2) is 53.3 Å². The molecule has 0 aliphatic heterocycles. The number of tetrazole rings is 1. The van der Waals surface area contributed by atoms with E-state index in [1.165, 1.54) is 9.36 Å². The Balaban J connectivity index is 1.99. The first-order valence-corrected chi connectivity index (χ1v) is 6.87. The van der Waals surface area contributed by atoms with E-state index in [1.807, 2.05) is 31.2 Å². The van der Waals surface area contributed by atoms with Gasteiger partial charge in [-0.15, -0.1) is 0 Å². The average Bonchev–Trinajstić information content (AvgIpc) is 2.83. The Labute approximate surface area is 126 Å². The number of para-hydroxylation sites is 1. The normalized spacial score (nSPS) is 10.8. The summed E-state index contributed by atoms with van der Waals surface area (Å²) in [4.78, 5) is 12.4. The van der Waals surface area contributed by atoms with Gasteiger partial charge in [0.2, 0.25) is 0 Å². The minimum absolute atomic E-state index is 0.314. The van der Waals surface area contributed by atoms with Crippen molar-refractivity contribution in [2.75, 3.05) is 0 Å². The lowest BCUT2D eigenvalue weighted by molar-refractivity contribution is 0.630. The smallest absolute Gasteiger partial charge is 0.244 e. The van der Waals surface area contributed by atoms with Gasteiger partial charge in [-0.3, -0.25) is 0 Å². The molecule has 0 saturated heterocycles. The van der Waals surface area contributed by atoms with Crippen molar-refractivity contribution in [3.05, 3.63) is 75.2 Å². The van der Waals surface area contributed by atoms with Crippen LogP contribution in [0, 0.1) is 6.92 Å². The van der Waals surface area contributed by atoms with Gasteiger partial charge in [-0.05, 0) is 40.6 Å². The standard InChI is InChI=1S/C15H13ClN4O/c1-11-6-2-3-7-12(11)10-19-15(21)20(18-17-19)14-9-5-4-8-13(14)16/h2-9H,10H2,1H3. The number of aryl methyl sites for hydroxylation is 1. The van der Waals surface area contributed by atoms with Crippen LogP contribution in [0.25, 0.3) is 5.69 Å². The molecular weight excluding hydrogens is 288 g/mol. The van der Waals surface area contributed by atoms with Gasteiger partial charge in [0.25, 0.3) is 0 Å². The fourth-order valence-corrected chi connectivity index (χ4v) is 2.31. The van der Waals surface area contributed by atoms with Crippen LogP contribution in [0.1, 0.15) is 11.1 Å². The molecule has 0 unspecified atom stereocenters. The van der Waals surface area contributed by atoms with Crippen molar-refractivity contribution in [2.24, 2.45) is 0 Å². The first-order chi connectivity index (χ1) is 10.2. The third kappa shape index (κ3) is 2.60. The van der Waals surface area contributed by atoms with Gasteiger partial charge >= 0.3 is 5.69 Å². The van der Waals surface area contributed by atoms with E-state index in [0.717, 1.165) is 11.1 Å². The summed E-state index contributed by atoms with van der Waals surface area (Å²) in [6.45, 7) is 2.38. The van der Waals surface area contributed by atoms with Gasteiger partial charge in [-0.2, -0.15) is 9.36 Å². The number of hydrogen-bond donors (Lipinski definition) is 0. The van der Waals surface area contributed by atoms with E-state index in [2.05, 4.69) is 10.4 Å². The van der Waals surface area contributed by atoms with E-state index in [4.69, 9.17) is 11.6 Å². The van der Waals surface area contributed by atoms with Gasteiger partial charge in [-0.25, -0.2) is 4.79 Å². The third-order valence-electron chi connectivity index (χ3n) is 3.30. The molecule has 0 fully saturated rings. The summed E-state index contributed by atoms with van der Waals surface area (Å²) >= 11 is 6.09. The zero-order valence-corrected chi connectivity index (χ0v) is 12.2. The lowest BCUT2D eigenvalue weighted by atomic mass is 10.1. The molecule has 1 aromatic heterocycles. The van der Waals surface area contributed by atoms with Crippen molar-refractivity contribution in [3.8, 4) is 5.69 Å². The van der Waals surface area contributed by atoms with Crippen LogP contribution in [-0.4, -0.2) is 19.8 Å². The van der Waals surface area contributed by atoms with E-state index >= 15 is 0 Å². The summed E-state index contributed by atoms with van der Waals surface area (Å²) in [6.07, 6.45) is 0. The lowest BCUT2D eigenvalue weighted by Crippen LogP contribution is -2.25. The first kappa shape index (κ1) is 13.6. The summed E-state index contributed by atoms with van der Waals surface area (Å²) < 4.78 is 2.53. The average molecular weight is 301 g/mol. The van der Waals surface area contributed by atoms with Gasteiger partial charge in [0.15, 0.2) is 0 Å². The predicted molar refractivity (Wildman–Crippen MR) is 80.9 cm³/mol. The lowest BCUT2D eigenvalue weighted by Gasteiger charge is -2.03. The van der Waals surface area contributed by atoms with Crippen molar-refractivity contribution in [1.29, 1.82) is 0 Å². The van der Waals surface area contributed by atoms with Crippen molar-refractivity contribution >= 4 is 11.6 Å². The molecule has 0 N–H and O–H groups in total. The molecule has 2 aromatic carbocycles. The maximum absolute atomic E-state index is 12.4. The van der Waals surface area contributed by atoms with Gasteiger partial charge in [0.1, 0.15) is 0 Å². The van der Waals surface area contributed by atoms with Gasteiger partial charge in [0.05, 0.1) is 17.3 Å². The largest absolute Gasteiger partial charge is 0.368 e. The molecule has 0 saturated carbocycles. The Morgan fingerprint density at radius 3 is 2.52 bits per heavy atom. The Kier molecular flexibility index (Phi) is 3.58. The minimum Gasteiger partial charge on any atom is -0.244 e. The van der Waals surface area contributed by atoms with Crippen LogP contribution in [0.3, 0.4) is 0 Å². The summed E-state index contributed by atoms with van der Waals surface area (Å²) in [6, 6.07) is 14.9. The van der Waals surface area contributed by atoms with Crippen LogP contribution in [0.2, 0.25) is 5.02 Å². The number of benzene rings is 2. The number of rotatable bonds is 3. The third-order valence-corrected chi connectivity index (χ3v) is 3.62. The second kappa shape index (κ2) is 5.54. The number of halogens is 1. The fraction of sp³-hybridized carbons (Fsp3) is 0.133. The van der Waals surface area contributed by atoms with Crippen LogP contribution in [-0.2, 0) is 6.54 Å². The quantitative estimate of drug-likeness (QED) is 0.746. The van der Waals surface area contributed by atoms with E-state index < -0.39 is 0 Å². The summed E-state index contributed by atoms with van der Waals surface area (Å²) in [5.74, 6) is 0. The van der Waals surface area contributed by atoms with E-state index in [1.54, 1.807) is 24.3 Å². The zero-order valence-electron chi connectivity index (χ0n) is 11.4. The molecule has 0 aliphatic carbocycles. The maximum Gasteiger partial charge on any atom is 0.368 e. The van der Waals surface area contributed by atoms with Crippen LogP contribution < -0.4 is 5.69 Å². The molecular formula is C15H13ClN4O. The van der Waals surface area contributed by atoms with Gasteiger partial charge in [0, 0.05) is 0 Å². The topological polar surface area (TPSA) is 52.7 Å². The molecule has 6 heteroatoms. The van der Waals surface area contributed by atoms with Crippen molar-refractivity contribution in [1.82, 2.24) is 19.8 Å². The highest BCUT2D eigenvalue weighted by Gasteiger charge is 2.12. The Morgan fingerprint density at radius 2 is 1.76 bits per heavy atom. The molecule has 3 rings (SSSR count). The maximum atomic E-state index is 12.4. The Morgan fingerprint density at radius 1 is 1.05 bits per heavy atom. The minimum atomic E-state index is -0.314. The first-order valence-electron chi connectivity index (χ1n) is 6.49. The SMILES string of the molecule is Cc1ccccc1Cn1nnn(-c2ccccc2Cl)c1=O. The molecule has 0 spiro atoms. The summed E-state index contributed by atoms with van der Waals surface area (Å²) in [5, 5.41) is 8.29. The molecule has 21 heavy (non-hydrogen) atoms. The van der Waals surface area contributed by atoms with Crippen LogP contribution in [0.5, 0.6) is 0 Å². The highest BCUT2D eigenvalue weighted by atomic mass is 35.5. The zero-order chi connectivity index (χ0) is 14.8. The van der Waals surface area contributed by atoms with Crippen molar-refractivity contribution < 1.29 is 0 Å². The molecule has 3 aromatic rings. The summed E-state index contributed by atoms with van der Waals surface area (Å²) in [7, 11) is 0. The highest BCUT2D eigenvalue weighted by molar-refractivity contribution is 6.32. The number of hydrogen-bond acceptors (Lipinski definition) is 3. The van der Waals surface area contributed by atoms with Gasteiger partial charge in [-0.1, -0.05) is 48.0 Å². The van der Waals surface area contributed by atoms with E-state index in [0.29, 0.717) is 17.3 Å². The molecule has 0 radical (unpaired) electrons. The van der Waals surface area contributed by atoms with Gasteiger partial charge < -0.3 is 0 Å². The van der Waals surface area contributed by atoms with Crippen LogP contribution >= 0.6 is 11.6 Å². The molecule has 0 aliphatic rings. The molecule has 5 nitrogen and oxygen atoms in total. The number of aromatic nitrogens is 4. The van der Waals surface area contributed by atoms with Crippen molar-refractivity contribution in [2.45, 2.75) is 13.5 Å². The van der Waals surface area contributed by atoms with E-state index in [9.17, 15) is 4.79 Å². The molecule has 0 bridgehead atoms. The Bertz CT molecular complexity index is 837. The highest BCUT2D eigenvalue weighted by Crippen LogP contribution is 2.17. The fourth-order valence-electron chi connectivity index (χ4n) is 2.10. The monoisotopic (exact) mass is 300 g/mol. The predicted octanol–water partition coefficient (Wildman–Crippen LogP) is 2.44. The van der Waals surface area contributed by atoms with E-state index in [-0.39, 0.29) is 5.69 Å². The second-order valence-electron chi connectivity index (χ2n) is 4.71. The molecule has 0 amide bonds.